The summed E-state index contributed by atoms with van der Waals surface area (Å²) in [5.74, 6) is 0.656. The number of carbonyl (C=O) groups excluding carboxylic acids is 1. The van der Waals surface area contributed by atoms with Gasteiger partial charge < -0.3 is 10.2 Å². The highest BCUT2D eigenvalue weighted by Gasteiger charge is 2.24. The zero-order chi connectivity index (χ0) is 9.84. The Balaban J connectivity index is 2.38. The Morgan fingerprint density at radius 2 is 2.38 bits per heavy atom. The predicted molar refractivity (Wildman–Crippen MR) is 57.0 cm³/mol. The molecule has 3 nitrogen and oxygen atoms in total. The topological polar surface area (TPSA) is 32.3 Å². The summed E-state index contributed by atoms with van der Waals surface area (Å²) in [6.07, 6.45) is 1.07. The number of nitrogens with one attached hydrogen (secondary N) is 1. The smallest absolute Gasteiger partial charge is 0.230 e. The number of hydrogen-bond acceptors (Lipinski definition) is 2. The van der Waals surface area contributed by atoms with Crippen LogP contribution < -0.4 is 5.32 Å². The van der Waals surface area contributed by atoms with Gasteiger partial charge >= 0.3 is 0 Å². The summed E-state index contributed by atoms with van der Waals surface area (Å²) in [6.45, 7) is 4.35. The second kappa shape index (κ2) is 4.96. The van der Waals surface area contributed by atoms with Crippen LogP contribution in [0.4, 0.5) is 0 Å². The second-order valence-corrected chi connectivity index (χ2v) is 4.40. The highest BCUT2D eigenvalue weighted by atomic mass is 79.9. The highest BCUT2D eigenvalue weighted by molar-refractivity contribution is 9.09. The van der Waals surface area contributed by atoms with E-state index < -0.39 is 0 Å². The molecule has 0 aromatic heterocycles. The maximum atomic E-state index is 11.1. The van der Waals surface area contributed by atoms with E-state index in [4.69, 9.17) is 0 Å². The van der Waals surface area contributed by atoms with Crippen LogP contribution in [0.2, 0.25) is 0 Å². The fourth-order valence-corrected chi connectivity index (χ4v) is 1.98. The fraction of sp³-hybridized carbons (Fsp3) is 0.889. The van der Waals surface area contributed by atoms with Gasteiger partial charge in [0.2, 0.25) is 5.91 Å². The van der Waals surface area contributed by atoms with Crippen LogP contribution in [0.5, 0.6) is 0 Å². The molecule has 2 unspecified atom stereocenters. The molecule has 0 aromatic carbocycles. The number of hydrogen-bond donors (Lipinski definition) is 1. The Morgan fingerprint density at radius 3 is 2.92 bits per heavy atom. The van der Waals surface area contributed by atoms with Crippen LogP contribution in [0.15, 0.2) is 0 Å². The number of alkyl halides is 1. The Labute approximate surface area is 88.0 Å². The van der Waals surface area contributed by atoms with Gasteiger partial charge in [-0.1, -0.05) is 22.9 Å². The molecule has 0 aliphatic carbocycles. The van der Waals surface area contributed by atoms with Gasteiger partial charge in [0.15, 0.2) is 0 Å². The first-order valence-electron chi connectivity index (χ1n) is 4.67. The van der Waals surface area contributed by atoms with Crippen LogP contribution in [0.3, 0.4) is 0 Å². The lowest BCUT2D eigenvalue weighted by molar-refractivity contribution is -0.119. The summed E-state index contributed by atoms with van der Waals surface area (Å²) < 4.78 is 0. The Morgan fingerprint density at radius 1 is 1.69 bits per heavy atom. The van der Waals surface area contributed by atoms with Gasteiger partial charge in [-0.15, -0.1) is 0 Å². The minimum absolute atomic E-state index is 0.0985. The summed E-state index contributed by atoms with van der Waals surface area (Å²) in [6, 6.07) is 0.362. The van der Waals surface area contributed by atoms with E-state index in [1.165, 1.54) is 0 Å². The number of halogens is 1. The minimum atomic E-state index is 0.0985. The number of amides is 1. The first kappa shape index (κ1) is 11.0. The van der Waals surface area contributed by atoms with Crippen molar-refractivity contribution >= 4 is 21.8 Å². The molecule has 2 atom stereocenters. The first-order chi connectivity index (χ1) is 6.13. The Kier molecular flexibility index (Phi) is 4.19. The molecule has 1 N–H and O–H groups in total. The zero-order valence-electron chi connectivity index (χ0n) is 8.22. The molecule has 1 rings (SSSR count). The van der Waals surface area contributed by atoms with E-state index >= 15 is 0 Å². The molecule has 0 radical (unpaired) electrons. The van der Waals surface area contributed by atoms with Crippen molar-refractivity contribution in [2.24, 2.45) is 5.92 Å². The van der Waals surface area contributed by atoms with E-state index in [2.05, 4.69) is 40.1 Å². The van der Waals surface area contributed by atoms with Crippen molar-refractivity contribution in [3.63, 3.8) is 0 Å². The van der Waals surface area contributed by atoms with E-state index in [9.17, 15) is 4.79 Å². The third-order valence-electron chi connectivity index (χ3n) is 2.58. The van der Waals surface area contributed by atoms with Gasteiger partial charge in [-0.2, -0.15) is 0 Å². The van der Waals surface area contributed by atoms with Crippen molar-refractivity contribution < 1.29 is 4.79 Å². The molecule has 76 valence electrons. The normalized spacial score (nSPS) is 30.1. The molecule has 0 spiro atoms. The lowest BCUT2D eigenvalue weighted by atomic mass is 9.94. The first-order valence-corrected chi connectivity index (χ1v) is 5.79. The van der Waals surface area contributed by atoms with Crippen LogP contribution in [0.25, 0.3) is 0 Å². The van der Waals surface area contributed by atoms with E-state index in [-0.39, 0.29) is 5.91 Å². The zero-order valence-corrected chi connectivity index (χ0v) is 9.80. The van der Waals surface area contributed by atoms with Crippen LogP contribution in [0.1, 0.15) is 13.3 Å². The molecular weight excluding hydrogens is 232 g/mol. The van der Waals surface area contributed by atoms with Gasteiger partial charge in [-0.05, 0) is 25.9 Å². The lowest BCUT2D eigenvalue weighted by Gasteiger charge is -2.35. The van der Waals surface area contributed by atoms with Crippen molar-refractivity contribution in [3.05, 3.63) is 0 Å². The molecule has 1 amide bonds. The van der Waals surface area contributed by atoms with Crippen LogP contribution in [-0.4, -0.2) is 42.3 Å². The van der Waals surface area contributed by atoms with Gasteiger partial charge in [0.25, 0.3) is 0 Å². The predicted octanol–water partition coefficient (Wildman–Crippen LogP) is 0.838. The summed E-state index contributed by atoms with van der Waals surface area (Å²) in [5.41, 5.74) is 0. The average molecular weight is 249 g/mol. The molecule has 1 aliphatic heterocycles. The van der Waals surface area contributed by atoms with Crippen LogP contribution in [-0.2, 0) is 4.79 Å². The maximum absolute atomic E-state index is 11.1. The molecule has 1 fully saturated rings. The third kappa shape index (κ3) is 3.27. The monoisotopic (exact) mass is 248 g/mol. The number of piperidine rings is 1. The van der Waals surface area contributed by atoms with E-state index in [0.29, 0.717) is 17.3 Å². The number of carbonyl (C=O) groups is 1. The van der Waals surface area contributed by atoms with Gasteiger partial charge in [0.05, 0.1) is 5.33 Å². The van der Waals surface area contributed by atoms with Crippen LogP contribution in [0, 0.1) is 5.92 Å². The molecule has 1 aliphatic rings. The Hall–Kier alpha value is -0.0900. The van der Waals surface area contributed by atoms with E-state index in [0.717, 1.165) is 19.5 Å². The molecule has 1 heterocycles. The highest BCUT2D eigenvalue weighted by Crippen LogP contribution is 2.15. The largest absolute Gasteiger partial charge is 0.352 e. The Bertz CT molecular complexity index is 186. The van der Waals surface area contributed by atoms with E-state index in [1.807, 2.05) is 0 Å². The van der Waals surface area contributed by atoms with Crippen molar-refractivity contribution in [1.29, 1.82) is 0 Å². The summed E-state index contributed by atoms with van der Waals surface area (Å²) in [5, 5.41) is 3.44. The number of likely N-dealkylation sites (tertiary alicyclic amines) is 1. The number of nitrogens with zero attached hydrogens (tertiary/aromatic N) is 1. The van der Waals surface area contributed by atoms with Gasteiger partial charge in [-0.3, -0.25) is 4.79 Å². The molecule has 0 aromatic rings. The fourth-order valence-electron chi connectivity index (χ4n) is 1.81. The average Bonchev–Trinajstić information content (AvgIpc) is 2.09. The minimum Gasteiger partial charge on any atom is -0.352 e. The summed E-state index contributed by atoms with van der Waals surface area (Å²) >= 11 is 3.15. The van der Waals surface area contributed by atoms with Gasteiger partial charge in [0.1, 0.15) is 0 Å². The number of rotatable bonds is 2. The molecule has 1 saturated heterocycles. The van der Waals surface area contributed by atoms with Gasteiger partial charge in [0, 0.05) is 12.6 Å². The molecule has 0 saturated carbocycles. The summed E-state index contributed by atoms with van der Waals surface area (Å²) in [7, 11) is 2.12. The lowest BCUT2D eigenvalue weighted by Crippen LogP contribution is -2.49. The third-order valence-corrected chi connectivity index (χ3v) is 3.09. The standard InChI is InChI=1S/C9H17BrN2O/c1-7-6-12(2)4-3-8(7)11-9(13)5-10/h7-8H,3-6H2,1-2H3,(H,11,13). The molecule has 4 heteroatoms. The second-order valence-electron chi connectivity index (χ2n) is 3.84. The summed E-state index contributed by atoms with van der Waals surface area (Å²) in [4.78, 5) is 13.4. The van der Waals surface area contributed by atoms with Crippen molar-refractivity contribution in [3.8, 4) is 0 Å². The van der Waals surface area contributed by atoms with Crippen molar-refractivity contribution in [2.75, 3.05) is 25.5 Å². The quantitative estimate of drug-likeness (QED) is 0.735. The van der Waals surface area contributed by atoms with E-state index in [1.54, 1.807) is 0 Å². The van der Waals surface area contributed by atoms with Crippen molar-refractivity contribution in [2.45, 2.75) is 19.4 Å². The molecule has 0 bridgehead atoms. The SMILES string of the molecule is CC1CN(C)CCC1NC(=O)CBr. The van der Waals surface area contributed by atoms with Crippen molar-refractivity contribution in [1.82, 2.24) is 10.2 Å². The molecular formula is C9H17BrN2O. The molecule has 13 heavy (non-hydrogen) atoms. The van der Waals surface area contributed by atoms with Gasteiger partial charge in [-0.25, -0.2) is 0 Å². The van der Waals surface area contributed by atoms with Crippen LogP contribution >= 0.6 is 15.9 Å². The maximum Gasteiger partial charge on any atom is 0.230 e.